The topological polar surface area (TPSA) is 51.5 Å². The van der Waals surface area contributed by atoms with Gasteiger partial charge in [0, 0.05) is 17.4 Å². The summed E-state index contributed by atoms with van der Waals surface area (Å²) in [6.45, 7) is 1.30. The van der Waals surface area contributed by atoms with Gasteiger partial charge in [-0.15, -0.1) is 0 Å². The standard InChI is InChI=1S/C20H21NO3/c21-11-14-4-3-13-10-12-2-1-6-19-15(12)5-7-20(22-8-9-23-20)18(19)24-17(14)16(13)19/h3-4,12,15,18H,1-2,5-10H2/t12-,15+,18-,19+/m1/s1. The van der Waals surface area contributed by atoms with E-state index in [4.69, 9.17) is 14.2 Å². The maximum absolute atomic E-state index is 9.60. The molecule has 2 bridgehead atoms. The summed E-state index contributed by atoms with van der Waals surface area (Å²) in [6.07, 6.45) is 6.84. The predicted octanol–water partition coefficient (Wildman–Crippen LogP) is 3.07. The maximum Gasteiger partial charge on any atom is 0.206 e. The Balaban J connectivity index is 1.64. The first-order valence-electron chi connectivity index (χ1n) is 9.29. The zero-order valence-corrected chi connectivity index (χ0v) is 13.7. The average molecular weight is 323 g/mol. The van der Waals surface area contributed by atoms with Crippen LogP contribution in [0.3, 0.4) is 0 Å². The third-order valence-electron chi connectivity index (χ3n) is 7.39. The van der Waals surface area contributed by atoms with Crippen molar-refractivity contribution in [1.82, 2.24) is 0 Å². The molecule has 3 aliphatic carbocycles. The first kappa shape index (κ1) is 13.7. The van der Waals surface area contributed by atoms with E-state index in [-0.39, 0.29) is 11.5 Å². The van der Waals surface area contributed by atoms with Crippen LogP contribution in [0.15, 0.2) is 12.1 Å². The number of nitrogens with zero attached hydrogens (tertiary/aromatic N) is 1. The monoisotopic (exact) mass is 323 g/mol. The van der Waals surface area contributed by atoms with Crippen LogP contribution in [0.4, 0.5) is 0 Å². The molecule has 2 spiro atoms. The second-order valence-electron chi connectivity index (χ2n) is 8.14. The summed E-state index contributed by atoms with van der Waals surface area (Å²) < 4.78 is 18.9. The first-order valence-corrected chi connectivity index (χ1v) is 9.29. The summed E-state index contributed by atoms with van der Waals surface area (Å²) in [6, 6.07) is 6.47. The molecule has 0 radical (unpaired) electrons. The summed E-state index contributed by atoms with van der Waals surface area (Å²) in [5.74, 6) is 1.64. The molecule has 4 nitrogen and oxygen atoms in total. The van der Waals surface area contributed by atoms with E-state index in [1.54, 1.807) is 0 Å². The van der Waals surface area contributed by atoms with Crippen molar-refractivity contribution in [3.63, 3.8) is 0 Å². The van der Waals surface area contributed by atoms with Gasteiger partial charge in [0.15, 0.2) is 6.10 Å². The third kappa shape index (κ3) is 1.36. The van der Waals surface area contributed by atoms with Gasteiger partial charge in [0.05, 0.1) is 18.8 Å². The predicted molar refractivity (Wildman–Crippen MR) is 85.7 cm³/mol. The lowest BCUT2D eigenvalue weighted by Crippen LogP contribution is -2.65. The molecule has 2 heterocycles. The van der Waals surface area contributed by atoms with Gasteiger partial charge in [0.25, 0.3) is 0 Å². The molecule has 0 amide bonds. The number of hydrogen-bond donors (Lipinski definition) is 0. The fourth-order valence-electron chi connectivity index (χ4n) is 6.72. The van der Waals surface area contributed by atoms with E-state index in [0.717, 1.165) is 37.4 Å². The van der Waals surface area contributed by atoms with Gasteiger partial charge >= 0.3 is 0 Å². The Morgan fingerprint density at radius 1 is 1.12 bits per heavy atom. The van der Waals surface area contributed by atoms with Gasteiger partial charge in [0.2, 0.25) is 5.79 Å². The summed E-state index contributed by atoms with van der Waals surface area (Å²) in [5.41, 5.74) is 3.42. The maximum atomic E-state index is 9.60. The fourth-order valence-corrected chi connectivity index (χ4v) is 6.72. The van der Waals surface area contributed by atoms with Crippen molar-refractivity contribution in [2.75, 3.05) is 13.2 Å². The molecule has 6 rings (SSSR count). The van der Waals surface area contributed by atoms with Crippen molar-refractivity contribution in [2.24, 2.45) is 11.8 Å². The van der Waals surface area contributed by atoms with Crippen LogP contribution in [0, 0.1) is 23.2 Å². The van der Waals surface area contributed by atoms with Crippen molar-refractivity contribution in [1.29, 1.82) is 5.26 Å². The molecular weight excluding hydrogens is 302 g/mol. The summed E-state index contributed by atoms with van der Waals surface area (Å²) in [4.78, 5) is 0. The molecule has 1 aromatic carbocycles. The zero-order valence-electron chi connectivity index (χ0n) is 13.7. The second kappa shape index (κ2) is 4.33. The Morgan fingerprint density at radius 2 is 2.00 bits per heavy atom. The highest BCUT2D eigenvalue weighted by molar-refractivity contribution is 5.61. The zero-order chi connectivity index (χ0) is 15.9. The number of fused-ring (bicyclic) bond motifs is 1. The van der Waals surface area contributed by atoms with E-state index >= 15 is 0 Å². The Labute approximate surface area is 141 Å². The number of ether oxygens (including phenoxy) is 3. The summed E-state index contributed by atoms with van der Waals surface area (Å²) in [5, 5.41) is 9.60. The van der Waals surface area contributed by atoms with Gasteiger partial charge in [-0.2, -0.15) is 5.26 Å². The van der Waals surface area contributed by atoms with E-state index in [0.29, 0.717) is 24.7 Å². The van der Waals surface area contributed by atoms with E-state index in [2.05, 4.69) is 12.1 Å². The lowest BCUT2D eigenvalue weighted by molar-refractivity contribution is -0.259. The molecular formula is C20H21NO3. The van der Waals surface area contributed by atoms with Gasteiger partial charge in [-0.3, -0.25) is 0 Å². The van der Waals surface area contributed by atoms with Crippen LogP contribution in [0.25, 0.3) is 0 Å². The van der Waals surface area contributed by atoms with E-state index in [1.807, 2.05) is 6.07 Å². The third-order valence-corrected chi connectivity index (χ3v) is 7.39. The molecule has 0 aromatic heterocycles. The lowest BCUT2D eigenvalue weighted by Gasteiger charge is -2.58. The lowest BCUT2D eigenvalue weighted by atomic mass is 9.47. The number of rotatable bonds is 0. The van der Waals surface area contributed by atoms with Crippen molar-refractivity contribution in [3.8, 4) is 11.8 Å². The van der Waals surface area contributed by atoms with Crippen LogP contribution >= 0.6 is 0 Å². The quantitative estimate of drug-likeness (QED) is 0.736. The van der Waals surface area contributed by atoms with Crippen molar-refractivity contribution < 1.29 is 14.2 Å². The molecule has 2 saturated carbocycles. The number of nitriles is 1. The molecule has 0 unspecified atom stereocenters. The Hall–Kier alpha value is -1.57. The molecule has 1 aromatic rings. The van der Waals surface area contributed by atoms with Crippen LogP contribution < -0.4 is 4.74 Å². The highest BCUT2D eigenvalue weighted by atomic mass is 16.8. The van der Waals surface area contributed by atoms with Crippen LogP contribution in [0.5, 0.6) is 5.75 Å². The molecule has 4 atom stereocenters. The number of benzene rings is 1. The minimum Gasteiger partial charge on any atom is -0.482 e. The normalized spacial score (nSPS) is 40.0. The first-order chi connectivity index (χ1) is 11.8. The smallest absolute Gasteiger partial charge is 0.206 e. The van der Waals surface area contributed by atoms with E-state index in [9.17, 15) is 5.26 Å². The van der Waals surface area contributed by atoms with Gasteiger partial charge in [-0.25, -0.2) is 0 Å². The van der Waals surface area contributed by atoms with E-state index < -0.39 is 5.79 Å². The molecule has 24 heavy (non-hydrogen) atoms. The Kier molecular flexibility index (Phi) is 2.47. The molecule has 0 N–H and O–H groups in total. The molecule has 3 fully saturated rings. The summed E-state index contributed by atoms with van der Waals surface area (Å²) in [7, 11) is 0. The number of hydrogen-bond acceptors (Lipinski definition) is 4. The average Bonchev–Trinajstić information content (AvgIpc) is 3.19. The largest absolute Gasteiger partial charge is 0.482 e. The van der Waals surface area contributed by atoms with Crippen LogP contribution in [-0.4, -0.2) is 25.1 Å². The highest BCUT2D eigenvalue weighted by Gasteiger charge is 2.70. The fraction of sp³-hybridized carbons (Fsp3) is 0.650. The van der Waals surface area contributed by atoms with Crippen molar-refractivity contribution in [3.05, 3.63) is 28.8 Å². The minimum atomic E-state index is -0.598. The molecule has 124 valence electrons. The second-order valence-corrected chi connectivity index (χ2v) is 8.14. The van der Waals surface area contributed by atoms with Crippen LogP contribution in [-0.2, 0) is 21.3 Å². The molecule has 4 heteroatoms. The van der Waals surface area contributed by atoms with Crippen molar-refractivity contribution >= 4 is 0 Å². The molecule has 5 aliphatic rings. The highest BCUT2D eigenvalue weighted by Crippen LogP contribution is 2.67. The molecule has 1 saturated heterocycles. The van der Waals surface area contributed by atoms with Gasteiger partial charge < -0.3 is 14.2 Å². The van der Waals surface area contributed by atoms with Crippen LogP contribution in [0.1, 0.15) is 48.8 Å². The Bertz CT molecular complexity index is 776. The van der Waals surface area contributed by atoms with Gasteiger partial charge in [-0.05, 0) is 49.1 Å². The van der Waals surface area contributed by atoms with Gasteiger partial charge in [-0.1, -0.05) is 12.5 Å². The SMILES string of the molecule is N#Cc1ccc2c3c1O[C@H]1C4(CC[C@H]5[C@H](CCC[C@@]351)C2)OCCO4. The van der Waals surface area contributed by atoms with E-state index in [1.165, 1.54) is 24.0 Å². The Morgan fingerprint density at radius 3 is 2.83 bits per heavy atom. The van der Waals surface area contributed by atoms with Crippen LogP contribution in [0.2, 0.25) is 0 Å². The minimum absolute atomic E-state index is 0.00127. The summed E-state index contributed by atoms with van der Waals surface area (Å²) >= 11 is 0. The molecule has 2 aliphatic heterocycles. The van der Waals surface area contributed by atoms with Crippen molar-refractivity contribution in [2.45, 2.75) is 55.8 Å². The van der Waals surface area contributed by atoms with Gasteiger partial charge in [0.1, 0.15) is 11.8 Å².